The predicted octanol–water partition coefficient (Wildman–Crippen LogP) is 1.12. The molecule has 0 radical (unpaired) electrons. The summed E-state index contributed by atoms with van der Waals surface area (Å²) in [5, 5.41) is 11.7. The van der Waals surface area contributed by atoms with E-state index in [0.717, 1.165) is 39.0 Å². The molecular formula is C14H25N3O3. The molecule has 6 nitrogen and oxygen atoms in total. The van der Waals surface area contributed by atoms with Gasteiger partial charge in [0.1, 0.15) is 6.04 Å². The minimum Gasteiger partial charge on any atom is -0.480 e. The predicted molar refractivity (Wildman–Crippen MR) is 75.6 cm³/mol. The van der Waals surface area contributed by atoms with Gasteiger partial charge in [-0.25, -0.2) is 9.59 Å². The van der Waals surface area contributed by atoms with E-state index in [0.29, 0.717) is 12.5 Å². The topological polar surface area (TPSA) is 72.9 Å². The molecule has 0 aromatic rings. The number of carbonyl (C=O) groups excluding carboxylic acids is 1. The Morgan fingerprint density at radius 1 is 1.30 bits per heavy atom. The van der Waals surface area contributed by atoms with Crippen LogP contribution in [0, 0.1) is 0 Å². The van der Waals surface area contributed by atoms with E-state index >= 15 is 0 Å². The van der Waals surface area contributed by atoms with E-state index in [1.165, 1.54) is 12.8 Å². The molecule has 2 unspecified atom stereocenters. The molecule has 2 fully saturated rings. The minimum atomic E-state index is -0.949. The maximum atomic E-state index is 12.1. The summed E-state index contributed by atoms with van der Waals surface area (Å²) in [6.07, 6.45) is 4.72. The van der Waals surface area contributed by atoms with E-state index in [2.05, 4.69) is 10.2 Å². The average Bonchev–Trinajstić information content (AvgIpc) is 3.08. The molecule has 0 aliphatic carbocycles. The smallest absolute Gasteiger partial charge is 0.326 e. The van der Waals surface area contributed by atoms with E-state index in [4.69, 9.17) is 5.11 Å². The maximum Gasteiger partial charge on any atom is 0.326 e. The highest BCUT2D eigenvalue weighted by molar-refractivity contribution is 5.82. The van der Waals surface area contributed by atoms with Gasteiger partial charge in [0.25, 0.3) is 0 Å². The molecule has 2 aliphatic heterocycles. The number of carboxylic acids is 1. The van der Waals surface area contributed by atoms with E-state index in [1.54, 1.807) is 4.90 Å². The van der Waals surface area contributed by atoms with Crippen LogP contribution >= 0.6 is 0 Å². The third-order valence-electron chi connectivity index (χ3n) is 4.28. The first-order chi connectivity index (χ1) is 9.61. The Labute approximate surface area is 120 Å². The van der Waals surface area contributed by atoms with Gasteiger partial charge in [0.05, 0.1) is 0 Å². The Hall–Kier alpha value is -1.30. The SMILES string of the molecule is CCCC(NC(=O)N1CCC(N2CCCC2)C1)C(=O)O. The minimum absolute atomic E-state index is 0.229. The van der Waals surface area contributed by atoms with Gasteiger partial charge in [-0.05, 0) is 38.8 Å². The van der Waals surface area contributed by atoms with Crippen LogP contribution < -0.4 is 5.32 Å². The molecule has 6 heteroatoms. The first kappa shape index (κ1) is 15.1. The Morgan fingerprint density at radius 3 is 2.60 bits per heavy atom. The third kappa shape index (κ3) is 3.62. The lowest BCUT2D eigenvalue weighted by Crippen LogP contribution is -2.48. The number of nitrogens with one attached hydrogen (secondary N) is 1. The molecule has 0 saturated carbocycles. The van der Waals surface area contributed by atoms with Gasteiger partial charge in [0.2, 0.25) is 0 Å². The third-order valence-corrected chi connectivity index (χ3v) is 4.28. The van der Waals surface area contributed by atoms with Crippen LogP contribution in [-0.4, -0.2) is 65.2 Å². The molecule has 2 saturated heterocycles. The fourth-order valence-corrected chi connectivity index (χ4v) is 3.12. The zero-order valence-corrected chi connectivity index (χ0v) is 12.2. The lowest BCUT2D eigenvalue weighted by atomic mass is 10.2. The Balaban J connectivity index is 1.82. The lowest BCUT2D eigenvalue weighted by Gasteiger charge is -2.24. The van der Waals surface area contributed by atoms with Gasteiger partial charge in [-0.2, -0.15) is 0 Å². The van der Waals surface area contributed by atoms with Crippen LogP contribution in [0.3, 0.4) is 0 Å². The van der Waals surface area contributed by atoms with Crippen LogP contribution in [-0.2, 0) is 4.79 Å². The highest BCUT2D eigenvalue weighted by Crippen LogP contribution is 2.20. The summed E-state index contributed by atoms with van der Waals surface area (Å²) in [4.78, 5) is 27.4. The summed E-state index contributed by atoms with van der Waals surface area (Å²) in [6.45, 7) is 5.64. The second kappa shape index (κ2) is 6.92. The van der Waals surface area contributed by atoms with E-state index in [-0.39, 0.29) is 6.03 Å². The molecule has 20 heavy (non-hydrogen) atoms. The van der Waals surface area contributed by atoms with Crippen LogP contribution in [0.2, 0.25) is 0 Å². The number of rotatable bonds is 5. The van der Waals surface area contributed by atoms with Crippen molar-refractivity contribution in [2.75, 3.05) is 26.2 Å². The Bertz CT molecular complexity index is 356. The largest absolute Gasteiger partial charge is 0.480 e. The number of carbonyl (C=O) groups is 2. The van der Waals surface area contributed by atoms with Crippen molar-refractivity contribution in [1.29, 1.82) is 0 Å². The summed E-state index contributed by atoms with van der Waals surface area (Å²) in [5.74, 6) is -0.949. The van der Waals surface area contributed by atoms with Gasteiger partial charge in [0.15, 0.2) is 0 Å². The number of hydrogen-bond acceptors (Lipinski definition) is 3. The number of likely N-dealkylation sites (tertiary alicyclic amines) is 2. The van der Waals surface area contributed by atoms with Crippen molar-refractivity contribution < 1.29 is 14.7 Å². The van der Waals surface area contributed by atoms with Crippen molar-refractivity contribution in [2.45, 2.75) is 51.1 Å². The van der Waals surface area contributed by atoms with Gasteiger partial charge < -0.3 is 15.3 Å². The molecule has 114 valence electrons. The average molecular weight is 283 g/mol. The molecule has 0 spiro atoms. The van der Waals surface area contributed by atoms with Crippen molar-refractivity contribution in [3.05, 3.63) is 0 Å². The van der Waals surface area contributed by atoms with Crippen molar-refractivity contribution in [1.82, 2.24) is 15.1 Å². The van der Waals surface area contributed by atoms with Crippen molar-refractivity contribution in [3.8, 4) is 0 Å². The molecule has 0 aromatic carbocycles. The zero-order chi connectivity index (χ0) is 14.5. The monoisotopic (exact) mass is 283 g/mol. The molecule has 2 atom stereocenters. The van der Waals surface area contributed by atoms with Gasteiger partial charge in [0, 0.05) is 19.1 Å². The van der Waals surface area contributed by atoms with Crippen LogP contribution in [0.15, 0.2) is 0 Å². The van der Waals surface area contributed by atoms with Crippen LogP contribution in [0.5, 0.6) is 0 Å². The highest BCUT2D eigenvalue weighted by atomic mass is 16.4. The van der Waals surface area contributed by atoms with E-state index in [1.807, 2.05) is 6.92 Å². The Morgan fingerprint density at radius 2 is 2.00 bits per heavy atom. The lowest BCUT2D eigenvalue weighted by molar-refractivity contribution is -0.139. The van der Waals surface area contributed by atoms with E-state index < -0.39 is 12.0 Å². The van der Waals surface area contributed by atoms with Crippen LogP contribution in [0.1, 0.15) is 39.0 Å². The first-order valence-electron chi connectivity index (χ1n) is 7.64. The normalized spacial score (nSPS) is 24.9. The standard InChI is InChI=1S/C14H25N3O3/c1-2-5-12(13(18)19)15-14(20)17-9-6-11(10-17)16-7-3-4-8-16/h11-12H,2-10H2,1H3,(H,15,20)(H,18,19). The number of urea groups is 1. The quantitative estimate of drug-likeness (QED) is 0.793. The summed E-state index contributed by atoms with van der Waals surface area (Å²) in [7, 11) is 0. The number of carboxylic acid groups (broad SMARTS) is 1. The molecule has 0 bridgehead atoms. The van der Waals surface area contributed by atoms with Gasteiger partial charge in [-0.3, -0.25) is 4.90 Å². The van der Waals surface area contributed by atoms with Gasteiger partial charge >= 0.3 is 12.0 Å². The summed E-state index contributed by atoms with van der Waals surface area (Å²) in [6, 6.07) is -0.538. The fourth-order valence-electron chi connectivity index (χ4n) is 3.12. The number of hydrogen-bond donors (Lipinski definition) is 2. The summed E-state index contributed by atoms with van der Waals surface area (Å²) < 4.78 is 0. The van der Waals surface area contributed by atoms with Crippen molar-refractivity contribution in [2.24, 2.45) is 0 Å². The first-order valence-corrected chi connectivity index (χ1v) is 7.64. The highest BCUT2D eigenvalue weighted by Gasteiger charge is 2.32. The molecule has 2 aliphatic rings. The zero-order valence-electron chi connectivity index (χ0n) is 12.2. The molecule has 2 N–H and O–H groups in total. The van der Waals surface area contributed by atoms with Gasteiger partial charge in [-0.15, -0.1) is 0 Å². The summed E-state index contributed by atoms with van der Waals surface area (Å²) >= 11 is 0. The summed E-state index contributed by atoms with van der Waals surface area (Å²) in [5.41, 5.74) is 0. The Kier molecular flexibility index (Phi) is 5.23. The van der Waals surface area contributed by atoms with Gasteiger partial charge in [-0.1, -0.05) is 13.3 Å². The molecular weight excluding hydrogens is 258 g/mol. The number of amides is 2. The fraction of sp³-hybridized carbons (Fsp3) is 0.857. The van der Waals surface area contributed by atoms with Crippen molar-refractivity contribution in [3.63, 3.8) is 0 Å². The van der Waals surface area contributed by atoms with Crippen molar-refractivity contribution >= 4 is 12.0 Å². The van der Waals surface area contributed by atoms with E-state index in [9.17, 15) is 9.59 Å². The van der Waals surface area contributed by atoms with Crippen LogP contribution in [0.25, 0.3) is 0 Å². The second-order valence-corrected chi connectivity index (χ2v) is 5.76. The molecule has 2 rings (SSSR count). The molecule has 2 amide bonds. The second-order valence-electron chi connectivity index (χ2n) is 5.76. The maximum absolute atomic E-state index is 12.1. The molecule has 0 aromatic heterocycles. The molecule has 2 heterocycles. The number of aliphatic carboxylic acids is 1. The van der Waals surface area contributed by atoms with Crippen LogP contribution in [0.4, 0.5) is 4.79 Å². The number of nitrogens with zero attached hydrogens (tertiary/aromatic N) is 2.